The van der Waals surface area contributed by atoms with Crippen molar-refractivity contribution in [3.8, 4) is 0 Å². The zero-order valence-electron chi connectivity index (χ0n) is 20.6. The van der Waals surface area contributed by atoms with Gasteiger partial charge in [-0.2, -0.15) is 0 Å². The molecule has 36 heavy (non-hydrogen) atoms. The number of hydrogen-bond donors (Lipinski definition) is 2. The number of nitrogens with one attached hydrogen (secondary N) is 1. The maximum absolute atomic E-state index is 13.1. The number of piperidine rings is 1. The Morgan fingerprint density at radius 2 is 1.67 bits per heavy atom. The van der Waals surface area contributed by atoms with E-state index in [-0.39, 0.29) is 11.5 Å². The maximum Gasteiger partial charge on any atom is 0.335 e. The lowest BCUT2D eigenvalue weighted by atomic mass is 9.90. The predicted molar refractivity (Wildman–Crippen MR) is 142 cm³/mol. The van der Waals surface area contributed by atoms with Gasteiger partial charge in [-0.25, -0.2) is 4.79 Å². The van der Waals surface area contributed by atoms with Crippen LogP contribution in [-0.4, -0.2) is 39.7 Å². The second-order valence-electron chi connectivity index (χ2n) is 9.86. The molecule has 0 saturated carbocycles. The van der Waals surface area contributed by atoms with Crippen molar-refractivity contribution >= 4 is 29.0 Å². The van der Waals surface area contributed by atoms with Crippen molar-refractivity contribution in [1.29, 1.82) is 0 Å². The third-order valence-electron chi connectivity index (χ3n) is 7.40. The van der Waals surface area contributed by atoms with Crippen LogP contribution < -0.4 is 5.32 Å². The summed E-state index contributed by atoms with van der Waals surface area (Å²) in [7, 11) is 0. The Morgan fingerprint density at radius 1 is 0.972 bits per heavy atom. The van der Waals surface area contributed by atoms with E-state index in [9.17, 15) is 14.7 Å². The number of aromatic carboxylic acids is 1. The van der Waals surface area contributed by atoms with Gasteiger partial charge in [-0.05, 0) is 67.6 Å². The highest BCUT2D eigenvalue weighted by Crippen LogP contribution is 2.37. The zero-order chi connectivity index (χ0) is 25.2. The van der Waals surface area contributed by atoms with E-state index in [4.69, 9.17) is 4.99 Å². The molecule has 2 N–H and O–H groups in total. The number of benzene rings is 3. The molecule has 6 heteroatoms. The molecule has 184 valence electrons. The molecule has 5 rings (SSSR count). The van der Waals surface area contributed by atoms with Gasteiger partial charge in [0.15, 0.2) is 0 Å². The van der Waals surface area contributed by atoms with Gasteiger partial charge < -0.3 is 10.4 Å². The molecular weight excluding hydrogens is 450 g/mol. The van der Waals surface area contributed by atoms with Crippen molar-refractivity contribution in [1.82, 2.24) is 4.90 Å². The number of fused-ring (bicyclic) bond motifs is 1. The van der Waals surface area contributed by atoms with Crippen molar-refractivity contribution < 1.29 is 14.7 Å². The molecule has 1 saturated heterocycles. The first-order valence-corrected chi connectivity index (χ1v) is 12.6. The number of amides is 1. The van der Waals surface area contributed by atoms with E-state index in [0.717, 1.165) is 23.4 Å². The summed E-state index contributed by atoms with van der Waals surface area (Å²) >= 11 is 0. The molecule has 0 aromatic heterocycles. The Bertz CT molecular complexity index is 1290. The summed E-state index contributed by atoms with van der Waals surface area (Å²) in [6.07, 6.45) is 3.78. The molecule has 1 amide bonds. The molecule has 2 aliphatic rings. The largest absolute Gasteiger partial charge is 0.478 e. The van der Waals surface area contributed by atoms with Crippen molar-refractivity contribution in [2.75, 3.05) is 5.32 Å². The lowest BCUT2D eigenvalue weighted by Crippen LogP contribution is -2.42. The van der Waals surface area contributed by atoms with Crippen LogP contribution in [0.15, 0.2) is 77.8 Å². The van der Waals surface area contributed by atoms with Crippen LogP contribution in [0.4, 0.5) is 11.4 Å². The molecule has 2 heterocycles. The third-order valence-corrected chi connectivity index (χ3v) is 7.40. The number of carboxylic acid groups (broad SMARTS) is 1. The van der Waals surface area contributed by atoms with Gasteiger partial charge in [-0.1, -0.05) is 55.0 Å². The lowest BCUT2D eigenvalue weighted by molar-refractivity contribution is -0.115. The molecule has 3 unspecified atom stereocenters. The van der Waals surface area contributed by atoms with Gasteiger partial charge in [0.2, 0.25) is 5.91 Å². The van der Waals surface area contributed by atoms with E-state index >= 15 is 0 Å². The third kappa shape index (κ3) is 4.82. The number of carbonyl (C=O) groups is 2. The summed E-state index contributed by atoms with van der Waals surface area (Å²) < 4.78 is 0. The fourth-order valence-corrected chi connectivity index (χ4v) is 5.38. The number of nitrogens with zero attached hydrogens (tertiary/aromatic N) is 2. The number of likely N-dealkylation sites (tertiary alicyclic amines) is 1. The molecule has 0 aliphatic carbocycles. The summed E-state index contributed by atoms with van der Waals surface area (Å²) in [5.41, 5.74) is 4.92. The normalized spacial score (nSPS) is 22.2. The van der Waals surface area contributed by atoms with E-state index in [1.54, 1.807) is 6.07 Å². The van der Waals surface area contributed by atoms with Crippen molar-refractivity contribution in [2.24, 2.45) is 4.99 Å². The van der Waals surface area contributed by atoms with Crippen LogP contribution in [0.2, 0.25) is 0 Å². The van der Waals surface area contributed by atoms with E-state index in [2.05, 4.69) is 36.2 Å². The van der Waals surface area contributed by atoms with Crippen LogP contribution in [0.3, 0.4) is 0 Å². The average molecular weight is 482 g/mol. The van der Waals surface area contributed by atoms with Gasteiger partial charge in [-0.3, -0.25) is 14.7 Å². The van der Waals surface area contributed by atoms with Gasteiger partial charge in [0.05, 0.1) is 17.0 Å². The van der Waals surface area contributed by atoms with Gasteiger partial charge in [0.1, 0.15) is 5.92 Å². The minimum atomic E-state index is -1.03. The second kappa shape index (κ2) is 10.1. The summed E-state index contributed by atoms with van der Waals surface area (Å²) in [5.74, 6) is -1.86. The smallest absolute Gasteiger partial charge is 0.335 e. The SMILES string of the molecule is CC1CCCC(C)N1Cc1ccc(N=C(c2ccccc2)C2C(=O)Nc3cc(C(=O)O)ccc32)cc1. The number of rotatable bonds is 6. The van der Waals surface area contributed by atoms with Crippen molar-refractivity contribution in [3.63, 3.8) is 0 Å². The van der Waals surface area contributed by atoms with Crippen LogP contribution in [0.1, 0.15) is 66.1 Å². The Kier molecular flexibility index (Phi) is 6.70. The highest BCUT2D eigenvalue weighted by atomic mass is 16.4. The Balaban J connectivity index is 1.47. The van der Waals surface area contributed by atoms with Crippen molar-refractivity contribution in [2.45, 2.75) is 57.7 Å². The lowest BCUT2D eigenvalue weighted by Gasteiger charge is -2.39. The first kappa shape index (κ1) is 23.9. The second-order valence-corrected chi connectivity index (χ2v) is 9.86. The molecule has 0 radical (unpaired) electrons. The number of aliphatic imine (C=N–C) groups is 1. The Morgan fingerprint density at radius 3 is 2.33 bits per heavy atom. The number of hydrogen-bond acceptors (Lipinski definition) is 4. The van der Waals surface area contributed by atoms with Gasteiger partial charge in [0, 0.05) is 24.3 Å². The maximum atomic E-state index is 13.1. The van der Waals surface area contributed by atoms with Crippen LogP contribution in [0, 0.1) is 0 Å². The van der Waals surface area contributed by atoms with Crippen LogP contribution >= 0.6 is 0 Å². The minimum Gasteiger partial charge on any atom is -0.478 e. The molecule has 0 spiro atoms. The Labute approximate surface area is 211 Å². The quantitative estimate of drug-likeness (QED) is 0.423. The molecule has 3 aromatic rings. The van der Waals surface area contributed by atoms with E-state index in [0.29, 0.717) is 23.5 Å². The first-order valence-electron chi connectivity index (χ1n) is 12.6. The van der Waals surface area contributed by atoms with Gasteiger partial charge in [0.25, 0.3) is 0 Å². The van der Waals surface area contributed by atoms with E-state index < -0.39 is 11.9 Å². The first-order chi connectivity index (χ1) is 17.4. The highest BCUT2D eigenvalue weighted by molar-refractivity contribution is 6.24. The molecule has 6 nitrogen and oxygen atoms in total. The van der Waals surface area contributed by atoms with Crippen LogP contribution in [0.5, 0.6) is 0 Å². The topological polar surface area (TPSA) is 82.0 Å². The van der Waals surface area contributed by atoms with E-state index in [1.165, 1.54) is 37.0 Å². The molecule has 0 bridgehead atoms. The number of carboxylic acids is 1. The van der Waals surface area contributed by atoms with E-state index in [1.807, 2.05) is 42.5 Å². The van der Waals surface area contributed by atoms with Crippen LogP contribution in [0.25, 0.3) is 0 Å². The summed E-state index contributed by atoms with van der Waals surface area (Å²) in [5, 5.41) is 12.2. The van der Waals surface area contributed by atoms with Crippen LogP contribution in [-0.2, 0) is 11.3 Å². The number of carbonyl (C=O) groups excluding carboxylic acids is 1. The zero-order valence-corrected chi connectivity index (χ0v) is 20.6. The summed E-state index contributed by atoms with van der Waals surface area (Å²) in [6, 6.07) is 23.9. The average Bonchev–Trinajstić information content (AvgIpc) is 3.21. The Hall–Kier alpha value is -3.77. The van der Waals surface area contributed by atoms with Gasteiger partial charge in [-0.15, -0.1) is 0 Å². The fraction of sp³-hybridized carbons (Fsp3) is 0.300. The van der Waals surface area contributed by atoms with Crippen molar-refractivity contribution in [3.05, 3.63) is 95.1 Å². The molecule has 3 atom stereocenters. The molecule has 2 aliphatic heterocycles. The fourth-order valence-electron chi connectivity index (χ4n) is 5.38. The van der Waals surface area contributed by atoms with Gasteiger partial charge >= 0.3 is 5.97 Å². The monoisotopic (exact) mass is 481 g/mol. The molecule has 1 fully saturated rings. The minimum absolute atomic E-state index is 0.140. The summed E-state index contributed by atoms with van der Waals surface area (Å²) in [6.45, 7) is 5.54. The number of anilines is 1. The highest BCUT2D eigenvalue weighted by Gasteiger charge is 2.36. The standard InChI is InChI=1S/C30H31N3O3/c1-19-7-6-8-20(2)33(19)18-21-11-14-24(15-12-21)31-28(22-9-4-3-5-10-22)27-25-16-13-23(30(35)36)17-26(25)32-29(27)34/h3-5,9-17,19-20,27H,6-8,18H2,1-2H3,(H,32,34)(H,35,36). The summed E-state index contributed by atoms with van der Waals surface area (Å²) in [4.78, 5) is 32.1. The molecular formula is C30H31N3O3. The predicted octanol–water partition coefficient (Wildman–Crippen LogP) is 6.00. The molecule has 3 aromatic carbocycles.